The number of carbonyl (C=O) groups is 1. The Balaban J connectivity index is 0.00000208. The van der Waals surface area contributed by atoms with Crippen LogP contribution >= 0.6 is 23.7 Å². The number of thiophene rings is 1. The normalized spacial score (nSPS) is 16.8. The van der Waals surface area contributed by atoms with Gasteiger partial charge in [-0.2, -0.15) is 16.3 Å². The molecule has 1 amide bonds. The highest BCUT2D eigenvalue weighted by Crippen LogP contribution is 2.19. The molecule has 8 heteroatoms. The van der Waals surface area contributed by atoms with E-state index in [9.17, 15) is 4.79 Å². The Kier molecular flexibility index (Phi) is 7.20. The monoisotopic (exact) mass is 370 g/mol. The lowest BCUT2D eigenvalue weighted by atomic mass is 10.1. The smallest absolute Gasteiger partial charge is 0.227 e. The third kappa shape index (κ3) is 4.55. The molecule has 0 radical (unpaired) electrons. The van der Waals surface area contributed by atoms with Crippen molar-refractivity contribution < 1.29 is 9.32 Å². The number of nitrogens with one attached hydrogen (secondary N) is 1. The molecule has 24 heavy (non-hydrogen) atoms. The van der Waals surface area contributed by atoms with Crippen LogP contribution in [0.5, 0.6) is 0 Å². The van der Waals surface area contributed by atoms with E-state index >= 15 is 0 Å². The summed E-state index contributed by atoms with van der Waals surface area (Å²) < 4.78 is 5.26. The van der Waals surface area contributed by atoms with Gasteiger partial charge in [0, 0.05) is 42.9 Å². The predicted molar refractivity (Wildman–Crippen MR) is 96.5 cm³/mol. The van der Waals surface area contributed by atoms with Crippen LogP contribution in [-0.4, -0.2) is 46.6 Å². The first kappa shape index (κ1) is 18.9. The van der Waals surface area contributed by atoms with Crippen molar-refractivity contribution in [2.75, 3.05) is 19.6 Å². The Hall–Kier alpha value is -1.44. The minimum Gasteiger partial charge on any atom is -0.339 e. The molecule has 1 saturated heterocycles. The van der Waals surface area contributed by atoms with Crippen molar-refractivity contribution in [3.63, 3.8) is 0 Å². The van der Waals surface area contributed by atoms with E-state index in [0.29, 0.717) is 30.6 Å². The lowest BCUT2D eigenvalue weighted by Crippen LogP contribution is -2.42. The highest BCUT2D eigenvalue weighted by atomic mass is 35.5. The Morgan fingerprint density at radius 3 is 3.08 bits per heavy atom. The number of rotatable bonds is 7. The zero-order valence-corrected chi connectivity index (χ0v) is 15.4. The van der Waals surface area contributed by atoms with E-state index in [1.165, 1.54) is 0 Å². The van der Waals surface area contributed by atoms with Gasteiger partial charge in [-0.15, -0.1) is 12.4 Å². The van der Waals surface area contributed by atoms with E-state index in [2.05, 4.69) is 22.4 Å². The van der Waals surface area contributed by atoms with Crippen LogP contribution in [0.1, 0.15) is 32.1 Å². The molecule has 1 fully saturated rings. The van der Waals surface area contributed by atoms with E-state index in [4.69, 9.17) is 4.52 Å². The Morgan fingerprint density at radius 1 is 1.54 bits per heavy atom. The summed E-state index contributed by atoms with van der Waals surface area (Å²) in [5, 5.41) is 11.3. The number of aromatic nitrogens is 2. The molecule has 0 aromatic carbocycles. The number of halogens is 1. The maximum atomic E-state index is 12.5. The van der Waals surface area contributed by atoms with Gasteiger partial charge >= 0.3 is 0 Å². The summed E-state index contributed by atoms with van der Waals surface area (Å²) >= 11 is 1.60. The summed E-state index contributed by atoms with van der Waals surface area (Å²) in [6.07, 6.45) is 2.93. The minimum atomic E-state index is 0. The van der Waals surface area contributed by atoms with Gasteiger partial charge in [-0.3, -0.25) is 4.79 Å². The van der Waals surface area contributed by atoms with Crippen LogP contribution < -0.4 is 5.32 Å². The van der Waals surface area contributed by atoms with Crippen molar-refractivity contribution in [3.8, 4) is 11.4 Å². The first-order chi connectivity index (χ1) is 11.3. The molecule has 0 spiro atoms. The standard InChI is InChI=1S/C16H22N4O2S.ClH/c1-2-8-20(13-5-7-17-10-13)15(21)4-3-14-18-16(19-22-14)12-6-9-23-11-12;/h6,9,11,13,17H,2-5,7-8,10H2,1H3;1H. The SMILES string of the molecule is CCCN(C(=O)CCc1nc(-c2ccsc2)no1)C1CCNC1.Cl. The molecular weight excluding hydrogens is 348 g/mol. The zero-order chi connectivity index (χ0) is 16.1. The van der Waals surface area contributed by atoms with Gasteiger partial charge in [0.15, 0.2) is 0 Å². The third-order valence-corrected chi connectivity index (χ3v) is 4.74. The number of carbonyl (C=O) groups excluding carboxylic acids is 1. The summed E-state index contributed by atoms with van der Waals surface area (Å²) in [5.74, 6) is 1.30. The molecule has 0 aliphatic carbocycles. The summed E-state index contributed by atoms with van der Waals surface area (Å²) in [6, 6.07) is 2.28. The molecule has 0 saturated carbocycles. The van der Waals surface area contributed by atoms with Crippen molar-refractivity contribution in [1.82, 2.24) is 20.4 Å². The summed E-state index contributed by atoms with van der Waals surface area (Å²) in [4.78, 5) is 18.9. The van der Waals surface area contributed by atoms with Gasteiger partial charge in [0.05, 0.1) is 0 Å². The quantitative estimate of drug-likeness (QED) is 0.811. The van der Waals surface area contributed by atoms with Crippen LogP contribution in [0.25, 0.3) is 11.4 Å². The second-order valence-corrected chi connectivity index (χ2v) is 6.54. The Labute approximate surface area is 152 Å². The lowest BCUT2D eigenvalue weighted by Gasteiger charge is -2.28. The van der Waals surface area contributed by atoms with E-state index < -0.39 is 0 Å². The molecule has 3 heterocycles. The Morgan fingerprint density at radius 2 is 2.42 bits per heavy atom. The maximum Gasteiger partial charge on any atom is 0.227 e. The Bertz CT molecular complexity index is 626. The summed E-state index contributed by atoms with van der Waals surface area (Å²) in [5.41, 5.74) is 0.959. The van der Waals surface area contributed by atoms with Gasteiger partial charge in [-0.25, -0.2) is 0 Å². The van der Waals surface area contributed by atoms with Crippen molar-refractivity contribution in [3.05, 3.63) is 22.7 Å². The minimum absolute atomic E-state index is 0. The van der Waals surface area contributed by atoms with E-state index in [1.807, 2.05) is 21.7 Å². The van der Waals surface area contributed by atoms with Crippen molar-refractivity contribution >= 4 is 29.7 Å². The summed E-state index contributed by atoms with van der Waals surface area (Å²) in [7, 11) is 0. The van der Waals surface area contributed by atoms with Gasteiger partial charge in [0.25, 0.3) is 0 Å². The highest BCUT2D eigenvalue weighted by Gasteiger charge is 2.25. The highest BCUT2D eigenvalue weighted by molar-refractivity contribution is 7.08. The topological polar surface area (TPSA) is 71.3 Å². The molecule has 1 aliphatic heterocycles. The van der Waals surface area contributed by atoms with Crippen molar-refractivity contribution in [2.24, 2.45) is 0 Å². The predicted octanol–water partition coefficient (Wildman–Crippen LogP) is 2.75. The molecule has 132 valence electrons. The zero-order valence-electron chi connectivity index (χ0n) is 13.7. The fourth-order valence-electron chi connectivity index (χ4n) is 2.88. The number of nitrogens with zero attached hydrogens (tertiary/aromatic N) is 3. The molecule has 1 atom stereocenters. The average Bonchev–Trinajstić information content (AvgIpc) is 3.32. The van der Waals surface area contributed by atoms with Crippen LogP contribution in [-0.2, 0) is 11.2 Å². The molecule has 0 bridgehead atoms. The number of aryl methyl sites for hydroxylation is 1. The van der Waals surface area contributed by atoms with E-state index in [0.717, 1.165) is 38.0 Å². The van der Waals surface area contributed by atoms with Crippen LogP contribution in [0.3, 0.4) is 0 Å². The van der Waals surface area contributed by atoms with Gasteiger partial charge in [0.1, 0.15) is 0 Å². The molecule has 3 rings (SSSR count). The average molecular weight is 371 g/mol. The van der Waals surface area contributed by atoms with Gasteiger partial charge < -0.3 is 14.7 Å². The van der Waals surface area contributed by atoms with Crippen LogP contribution in [0, 0.1) is 0 Å². The molecule has 2 aromatic heterocycles. The first-order valence-corrected chi connectivity index (χ1v) is 9.07. The number of amides is 1. The van der Waals surface area contributed by atoms with Crippen LogP contribution in [0.15, 0.2) is 21.3 Å². The van der Waals surface area contributed by atoms with Gasteiger partial charge in [0.2, 0.25) is 17.6 Å². The largest absolute Gasteiger partial charge is 0.339 e. The molecule has 1 unspecified atom stereocenters. The third-order valence-electron chi connectivity index (χ3n) is 4.06. The van der Waals surface area contributed by atoms with E-state index in [-0.39, 0.29) is 18.3 Å². The van der Waals surface area contributed by atoms with Crippen LogP contribution in [0.2, 0.25) is 0 Å². The van der Waals surface area contributed by atoms with E-state index in [1.54, 1.807) is 11.3 Å². The molecule has 1 aliphatic rings. The molecule has 6 nitrogen and oxygen atoms in total. The van der Waals surface area contributed by atoms with Crippen LogP contribution in [0.4, 0.5) is 0 Å². The number of hydrogen-bond donors (Lipinski definition) is 1. The van der Waals surface area contributed by atoms with Gasteiger partial charge in [-0.05, 0) is 30.8 Å². The fraction of sp³-hybridized carbons (Fsp3) is 0.562. The second kappa shape index (κ2) is 9.15. The molecular formula is C16H23ClN4O2S. The molecule has 1 N–H and O–H groups in total. The number of hydrogen-bond acceptors (Lipinski definition) is 6. The van der Waals surface area contributed by atoms with Crippen molar-refractivity contribution in [2.45, 2.75) is 38.6 Å². The second-order valence-electron chi connectivity index (χ2n) is 5.76. The van der Waals surface area contributed by atoms with Crippen molar-refractivity contribution in [1.29, 1.82) is 0 Å². The first-order valence-electron chi connectivity index (χ1n) is 8.13. The summed E-state index contributed by atoms with van der Waals surface area (Å²) in [6.45, 7) is 4.81. The fourth-order valence-corrected chi connectivity index (χ4v) is 3.51. The maximum absolute atomic E-state index is 12.5. The molecule has 2 aromatic rings. The lowest BCUT2D eigenvalue weighted by molar-refractivity contribution is -0.133. The van der Waals surface area contributed by atoms with Gasteiger partial charge in [-0.1, -0.05) is 12.1 Å².